The van der Waals surface area contributed by atoms with Crippen LogP contribution in [0.25, 0.3) is 21.5 Å². The quantitative estimate of drug-likeness (QED) is 0.132. The van der Waals surface area contributed by atoms with E-state index in [0.717, 1.165) is 17.7 Å². The molecular weight excluding hydrogens is 696 g/mol. The zero-order chi connectivity index (χ0) is 36.9. The molecule has 4 saturated heterocycles. The van der Waals surface area contributed by atoms with Crippen LogP contribution in [-0.4, -0.2) is 47.8 Å². The molecular formula is C34H18O18. The van der Waals surface area contributed by atoms with E-state index in [1.807, 2.05) is 12.1 Å². The van der Waals surface area contributed by atoms with Gasteiger partial charge in [0.25, 0.3) is 0 Å². The maximum absolute atomic E-state index is 11.9. The van der Waals surface area contributed by atoms with Crippen molar-refractivity contribution in [3.8, 4) is 0 Å². The number of ether oxygens (including phenoxy) is 4. The number of rotatable bonds is 1. The van der Waals surface area contributed by atoms with Gasteiger partial charge in [-0.1, -0.05) is 24.3 Å². The fraction of sp³-hybridized carbons (Fsp3) is 0.294. The topological polar surface area (TPSA) is 268 Å². The highest BCUT2D eigenvalue weighted by molar-refractivity contribution is 6.10. The van der Waals surface area contributed by atoms with E-state index in [-0.39, 0.29) is 33.9 Å². The van der Waals surface area contributed by atoms with Gasteiger partial charge in [-0.2, -0.15) is 0 Å². The third kappa shape index (κ3) is 4.70. The van der Waals surface area contributed by atoms with Crippen LogP contribution in [0.4, 0.5) is 0 Å². The monoisotopic (exact) mass is 714 g/mol. The molecule has 4 aliphatic heterocycles. The minimum absolute atomic E-state index is 0.0121. The largest absolute Gasteiger partial charge is 0.393 e. The van der Waals surface area contributed by atoms with Gasteiger partial charge in [-0.15, -0.1) is 0 Å². The van der Waals surface area contributed by atoms with Crippen molar-refractivity contribution in [3.63, 3.8) is 0 Å². The fourth-order valence-corrected chi connectivity index (χ4v) is 7.88. The molecule has 6 heterocycles. The summed E-state index contributed by atoms with van der Waals surface area (Å²) in [6, 6.07) is 9.50. The summed E-state index contributed by atoms with van der Waals surface area (Å²) < 4.78 is 26.8. The van der Waals surface area contributed by atoms with Crippen molar-refractivity contribution in [2.75, 3.05) is 0 Å². The first-order chi connectivity index (χ1) is 24.7. The van der Waals surface area contributed by atoms with Gasteiger partial charge < -0.3 is 27.8 Å². The van der Waals surface area contributed by atoms with E-state index in [9.17, 15) is 57.5 Å². The lowest BCUT2D eigenvalue weighted by Gasteiger charge is -2.33. The lowest BCUT2D eigenvalue weighted by molar-refractivity contribution is -0.158. The minimum Gasteiger partial charge on any atom is -0.393 e. The lowest BCUT2D eigenvalue weighted by atomic mass is 9.59. The van der Waals surface area contributed by atoms with Crippen LogP contribution in [0.5, 0.6) is 0 Å². The molecule has 18 nitrogen and oxygen atoms in total. The Bertz CT molecular complexity index is 2350. The molecule has 4 aromatic rings. The van der Waals surface area contributed by atoms with E-state index in [1.54, 1.807) is 12.1 Å². The highest BCUT2D eigenvalue weighted by Gasteiger charge is 2.72. The molecule has 2 aliphatic carbocycles. The van der Waals surface area contributed by atoms with Gasteiger partial charge in [-0.3, -0.25) is 38.4 Å². The summed E-state index contributed by atoms with van der Waals surface area (Å²) in [6.07, 6.45) is 0.331. The first kappa shape index (κ1) is 32.5. The Morgan fingerprint density at radius 3 is 1.25 bits per heavy atom. The minimum atomic E-state index is -0.824. The van der Waals surface area contributed by atoms with Crippen LogP contribution in [0, 0.1) is 35.5 Å². The number of benzene rings is 2. The van der Waals surface area contributed by atoms with Gasteiger partial charge in [0.1, 0.15) is 0 Å². The van der Waals surface area contributed by atoms with Crippen molar-refractivity contribution in [2.24, 2.45) is 35.5 Å². The van der Waals surface area contributed by atoms with Gasteiger partial charge in [0.15, 0.2) is 0 Å². The van der Waals surface area contributed by atoms with E-state index in [4.69, 9.17) is 4.74 Å². The first-order valence-corrected chi connectivity index (χ1v) is 15.6. The molecule has 4 unspecified atom stereocenters. The first-order valence-electron chi connectivity index (χ1n) is 15.6. The molecule has 10 rings (SSSR count). The van der Waals surface area contributed by atoms with Gasteiger partial charge in [0, 0.05) is 0 Å². The van der Waals surface area contributed by atoms with E-state index >= 15 is 0 Å². The maximum atomic E-state index is 11.9. The average Bonchev–Trinajstić information content (AvgIpc) is 3.85. The molecule has 0 radical (unpaired) electrons. The summed E-state index contributed by atoms with van der Waals surface area (Å²) in [4.78, 5) is 136. The third-order valence-electron chi connectivity index (χ3n) is 10.2. The highest BCUT2D eigenvalue weighted by Crippen LogP contribution is 2.55. The number of hydrogen-bond acceptors (Lipinski definition) is 18. The molecule has 52 heavy (non-hydrogen) atoms. The van der Waals surface area contributed by atoms with Crippen molar-refractivity contribution >= 4 is 69.3 Å². The smallest absolute Gasteiger partial charge is 0.346 e. The lowest BCUT2D eigenvalue weighted by Crippen LogP contribution is -2.50. The van der Waals surface area contributed by atoms with Crippen LogP contribution in [0.1, 0.15) is 35.8 Å². The number of hydrogen-bond donors (Lipinski definition) is 0. The molecule has 2 aromatic carbocycles. The van der Waals surface area contributed by atoms with Gasteiger partial charge in [-0.05, 0) is 35.6 Å². The van der Waals surface area contributed by atoms with E-state index < -0.39 is 112 Å². The zero-order valence-electron chi connectivity index (χ0n) is 25.8. The summed E-state index contributed by atoms with van der Waals surface area (Å²) in [5.74, 6) is -10.3. The zero-order valence-corrected chi connectivity index (χ0v) is 25.8. The van der Waals surface area contributed by atoms with Crippen molar-refractivity contribution in [2.45, 2.75) is 24.7 Å². The number of fused-ring (bicyclic) bond motifs is 9. The van der Waals surface area contributed by atoms with Crippen molar-refractivity contribution in [1.82, 2.24) is 0 Å². The maximum Gasteiger partial charge on any atom is 0.346 e. The Morgan fingerprint density at radius 2 is 0.827 bits per heavy atom. The summed E-state index contributed by atoms with van der Waals surface area (Å²) in [5.41, 5.74) is -1.76. The van der Waals surface area contributed by atoms with Crippen molar-refractivity contribution in [3.05, 3.63) is 89.2 Å². The Labute approximate surface area is 284 Å². The van der Waals surface area contributed by atoms with Crippen LogP contribution in [-0.2, 0) is 57.3 Å². The van der Waals surface area contributed by atoms with E-state index in [1.165, 1.54) is 0 Å². The molecule has 5 fully saturated rings. The molecule has 262 valence electrons. The Balaban J connectivity index is 0.000000115. The Hall–Kier alpha value is -6.72. The number of esters is 8. The Morgan fingerprint density at radius 1 is 0.423 bits per heavy atom. The fourth-order valence-electron chi connectivity index (χ4n) is 7.88. The molecule has 2 aromatic heterocycles. The van der Waals surface area contributed by atoms with Gasteiger partial charge in [-0.25, -0.2) is 19.2 Å². The van der Waals surface area contributed by atoms with Gasteiger partial charge in [0.05, 0.1) is 69.4 Å². The van der Waals surface area contributed by atoms with Crippen molar-refractivity contribution in [1.29, 1.82) is 0 Å². The second-order valence-corrected chi connectivity index (χ2v) is 12.8. The molecule has 1 saturated carbocycles. The van der Waals surface area contributed by atoms with Crippen LogP contribution in [0.15, 0.2) is 64.4 Å². The standard InChI is InChI=1S/C16H12O6.C10H2O6.C8H4O6/c17-12-6-10(14(18)21-12)9-5-11-13(16(20)22-15(11)19)8-4-2-1-3-7(8)9;11-7-3-1-4-6(10(14)16-8(4)12)2-5(3)9(13)15-7;9-5-1-2(6(10)13-5)4-3(1)7(11)14-8(4)12/h1-4,9-11,13H,5-6H2;1-2H;1-4H. The SMILES string of the molecule is O=C1CC(C2CC3C(=O)OC(=O)C3c3ccccc32)C(=O)O1.O=C1OC(=O)C2C1C1C(=O)OC(=O)C21.O=c1oc(=O)c2cc3c(=O)oc(=O)c3cc12. The van der Waals surface area contributed by atoms with Gasteiger partial charge in [0.2, 0.25) is 0 Å². The molecule has 0 amide bonds. The molecule has 0 bridgehead atoms. The normalized spacial score (nSPS) is 29.5. The molecule has 4 atom stereocenters. The van der Waals surface area contributed by atoms with Crippen LogP contribution in [0.2, 0.25) is 0 Å². The summed E-state index contributed by atoms with van der Waals surface area (Å²) in [6.45, 7) is 0. The van der Waals surface area contributed by atoms with E-state index in [2.05, 4.69) is 23.0 Å². The Kier molecular flexibility index (Phi) is 7.12. The summed E-state index contributed by atoms with van der Waals surface area (Å²) in [5, 5.41) is -0.0726. The predicted molar refractivity (Wildman–Crippen MR) is 160 cm³/mol. The molecule has 18 heteroatoms. The third-order valence-corrected chi connectivity index (χ3v) is 10.2. The second-order valence-electron chi connectivity index (χ2n) is 12.8. The number of furan rings is 2. The summed E-state index contributed by atoms with van der Waals surface area (Å²) in [7, 11) is 0. The molecule has 0 N–H and O–H groups in total. The number of cyclic esters (lactones) is 8. The number of carbonyl (C=O) groups is 8. The van der Waals surface area contributed by atoms with E-state index in [0.29, 0.717) is 12.0 Å². The predicted octanol–water partition coefficient (Wildman–Crippen LogP) is -0.826. The average molecular weight is 715 g/mol. The van der Waals surface area contributed by atoms with Crippen LogP contribution >= 0.6 is 0 Å². The number of carbonyl (C=O) groups excluding carboxylic acids is 8. The highest BCUT2D eigenvalue weighted by atomic mass is 16.6. The summed E-state index contributed by atoms with van der Waals surface area (Å²) >= 11 is 0. The molecule has 6 aliphatic rings. The van der Waals surface area contributed by atoms with Gasteiger partial charge >= 0.3 is 70.3 Å². The van der Waals surface area contributed by atoms with Crippen LogP contribution in [0.3, 0.4) is 0 Å². The van der Waals surface area contributed by atoms with Crippen LogP contribution < -0.4 is 22.5 Å². The van der Waals surface area contributed by atoms with Crippen molar-refractivity contribution < 1.29 is 66.1 Å². The second kappa shape index (κ2) is 11.4. The molecule has 0 spiro atoms.